The van der Waals surface area contributed by atoms with Gasteiger partial charge in [-0.05, 0) is 48.4 Å². The summed E-state index contributed by atoms with van der Waals surface area (Å²) < 4.78 is 40.9. The van der Waals surface area contributed by atoms with Gasteiger partial charge < -0.3 is 10.6 Å². The van der Waals surface area contributed by atoms with Crippen LogP contribution in [0.4, 0.5) is 19.1 Å². The first-order chi connectivity index (χ1) is 16.8. The molecular formula is C23H21F3N8S. The van der Waals surface area contributed by atoms with Crippen molar-refractivity contribution < 1.29 is 13.2 Å². The quantitative estimate of drug-likeness (QED) is 0.454. The molecule has 2 aliphatic rings. The van der Waals surface area contributed by atoms with E-state index in [0.717, 1.165) is 62.1 Å². The smallest absolute Gasteiger partial charge is 0.342 e. The Morgan fingerprint density at radius 3 is 2.69 bits per heavy atom. The van der Waals surface area contributed by atoms with Crippen LogP contribution in [0, 0.1) is 5.41 Å². The van der Waals surface area contributed by atoms with Crippen molar-refractivity contribution in [2.45, 2.75) is 41.3 Å². The molecule has 8 nitrogen and oxygen atoms in total. The lowest BCUT2D eigenvalue weighted by Crippen LogP contribution is -2.45. The van der Waals surface area contributed by atoms with E-state index in [1.165, 1.54) is 11.6 Å². The molecule has 6 rings (SSSR count). The first-order valence-corrected chi connectivity index (χ1v) is 12.0. The van der Waals surface area contributed by atoms with Crippen LogP contribution in [0.15, 0.2) is 59.0 Å². The minimum atomic E-state index is -4.51. The van der Waals surface area contributed by atoms with Gasteiger partial charge in [0.25, 0.3) is 0 Å². The largest absolute Gasteiger partial charge is 0.433 e. The predicted octanol–water partition coefficient (Wildman–Crippen LogP) is 3.93. The van der Waals surface area contributed by atoms with Crippen LogP contribution in [-0.4, -0.2) is 42.6 Å². The summed E-state index contributed by atoms with van der Waals surface area (Å²) in [6, 6.07) is 6.55. The maximum atomic E-state index is 13.1. The molecule has 35 heavy (non-hydrogen) atoms. The van der Waals surface area contributed by atoms with Gasteiger partial charge >= 0.3 is 6.18 Å². The molecule has 1 spiro atoms. The van der Waals surface area contributed by atoms with E-state index in [0.29, 0.717) is 21.4 Å². The molecule has 1 aliphatic carbocycles. The molecule has 5 heterocycles. The summed E-state index contributed by atoms with van der Waals surface area (Å²) in [6.07, 6.45) is 4.42. The average Bonchev–Trinajstić information content (AvgIpc) is 3.44. The Balaban J connectivity index is 1.23. The van der Waals surface area contributed by atoms with Gasteiger partial charge in [0.2, 0.25) is 5.95 Å². The van der Waals surface area contributed by atoms with Crippen molar-refractivity contribution in [3.8, 4) is 0 Å². The Hall–Kier alpha value is -3.25. The molecule has 0 amide bonds. The van der Waals surface area contributed by atoms with Crippen molar-refractivity contribution in [1.29, 1.82) is 0 Å². The monoisotopic (exact) mass is 498 g/mol. The molecule has 1 aliphatic heterocycles. The van der Waals surface area contributed by atoms with E-state index >= 15 is 0 Å². The van der Waals surface area contributed by atoms with Crippen LogP contribution in [0.2, 0.25) is 0 Å². The standard InChI is InChI=1S/C23H21F3N8S/c24-23(25,26)17-10-15(3-7-28-17)35-16-12-30-21(34-13-31-32-20(16)34)33-8-4-22(5-9-33)11-14-2-1-6-29-18(14)19(22)27/h1-3,6-7,10,12-13,19H,4-5,8-9,11,27H2/t19-/m1/s1. The molecular weight excluding hydrogens is 477 g/mol. The van der Waals surface area contributed by atoms with Crippen LogP contribution in [0.1, 0.15) is 35.8 Å². The van der Waals surface area contributed by atoms with Crippen LogP contribution >= 0.6 is 11.8 Å². The van der Waals surface area contributed by atoms with Gasteiger partial charge in [-0.25, -0.2) is 9.38 Å². The molecule has 4 aromatic rings. The van der Waals surface area contributed by atoms with Gasteiger partial charge in [0.1, 0.15) is 12.0 Å². The molecule has 0 bridgehead atoms. The number of rotatable bonds is 3. The number of aromatic nitrogens is 6. The van der Waals surface area contributed by atoms with Gasteiger partial charge in [-0.3, -0.25) is 9.97 Å². The molecule has 4 aromatic heterocycles. The Kier molecular flexibility index (Phi) is 5.18. The van der Waals surface area contributed by atoms with E-state index in [-0.39, 0.29) is 11.5 Å². The van der Waals surface area contributed by atoms with Gasteiger partial charge in [0.05, 0.1) is 16.6 Å². The normalized spacial score (nSPS) is 19.4. The maximum Gasteiger partial charge on any atom is 0.433 e. The van der Waals surface area contributed by atoms with Crippen molar-refractivity contribution >= 4 is 23.4 Å². The number of nitrogens with two attached hydrogens (primary N) is 1. The van der Waals surface area contributed by atoms with Crippen LogP contribution in [0.25, 0.3) is 5.65 Å². The molecule has 12 heteroatoms. The molecule has 1 fully saturated rings. The summed E-state index contributed by atoms with van der Waals surface area (Å²) in [5.74, 6) is 0.706. The van der Waals surface area contributed by atoms with Gasteiger partial charge in [0, 0.05) is 36.6 Å². The summed E-state index contributed by atoms with van der Waals surface area (Å²) >= 11 is 1.15. The highest BCUT2D eigenvalue weighted by Gasteiger charge is 2.47. The van der Waals surface area contributed by atoms with Gasteiger partial charge in [-0.15, -0.1) is 10.2 Å². The van der Waals surface area contributed by atoms with Gasteiger partial charge in [-0.2, -0.15) is 13.2 Å². The fourth-order valence-corrected chi connectivity index (χ4v) is 6.04. The summed E-state index contributed by atoms with van der Waals surface area (Å²) in [7, 11) is 0. The lowest BCUT2D eigenvalue weighted by molar-refractivity contribution is -0.141. The Labute approximate surface area is 202 Å². The zero-order chi connectivity index (χ0) is 24.2. The highest BCUT2D eigenvalue weighted by Crippen LogP contribution is 2.50. The van der Waals surface area contributed by atoms with E-state index in [1.54, 1.807) is 23.1 Å². The number of alkyl halides is 3. The van der Waals surface area contributed by atoms with E-state index < -0.39 is 11.9 Å². The highest BCUT2D eigenvalue weighted by atomic mass is 32.2. The second-order valence-corrected chi connectivity index (χ2v) is 10.1. The summed E-state index contributed by atoms with van der Waals surface area (Å²) in [5.41, 5.74) is 8.49. The van der Waals surface area contributed by atoms with E-state index in [1.807, 2.05) is 6.07 Å². The maximum absolute atomic E-state index is 13.1. The van der Waals surface area contributed by atoms with Crippen molar-refractivity contribution in [2.75, 3.05) is 18.0 Å². The Morgan fingerprint density at radius 2 is 1.91 bits per heavy atom. The number of hydrogen-bond acceptors (Lipinski definition) is 8. The topological polar surface area (TPSA) is 98.1 Å². The van der Waals surface area contributed by atoms with Crippen molar-refractivity contribution in [3.05, 3.63) is 66.1 Å². The lowest BCUT2D eigenvalue weighted by Gasteiger charge is -2.42. The molecule has 2 N–H and O–H groups in total. The zero-order valence-electron chi connectivity index (χ0n) is 18.5. The van der Waals surface area contributed by atoms with Gasteiger partial charge in [-0.1, -0.05) is 17.8 Å². The minimum Gasteiger partial charge on any atom is -0.342 e. The zero-order valence-corrected chi connectivity index (χ0v) is 19.3. The van der Waals surface area contributed by atoms with Crippen LogP contribution in [0.5, 0.6) is 0 Å². The predicted molar refractivity (Wildman–Crippen MR) is 123 cm³/mol. The summed E-state index contributed by atoms with van der Waals surface area (Å²) in [4.78, 5) is 15.8. The first kappa shape index (κ1) is 22.2. The summed E-state index contributed by atoms with van der Waals surface area (Å²) in [5, 5.41) is 8.25. The number of piperidine rings is 1. The molecule has 0 radical (unpaired) electrons. The number of fused-ring (bicyclic) bond motifs is 2. The first-order valence-electron chi connectivity index (χ1n) is 11.2. The fourth-order valence-electron chi connectivity index (χ4n) is 5.15. The van der Waals surface area contributed by atoms with E-state index in [4.69, 9.17) is 5.73 Å². The molecule has 0 saturated carbocycles. The number of nitrogens with zero attached hydrogens (tertiary/aromatic N) is 7. The van der Waals surface area contributed by atoms with Crippen LogP contribution < -0.4 is 10.6 Å². The number of pyridine rings is 2. The van der Waals surface area contributed by atoms with Crippen molar-refractivity contribution in [1.82, 2.24) is 29.5 Å². The molecule has 0 unspecified atom stereocenters. The van der Waals surface area contributed by atoms with E-state index in [2.05, 4.69) is 36.1 Å². The SMILES string of the molecule is N[C@@H]1c2ncccc2CC12CCN(c1ncc(Sc3ccnc(C(F)(F)F)c3)c3nncn13)CC2. The Morgan fingerprint density at radius 1 is 1.09 bits per heavy atom. The molecule has 1 saturated heterocycles. The minimum absolute atomic E-state index is 0.00712. The van der Waals surface area contributed by atoms with Crippen LogP contribution in [-0.2, 0) is 12.6 Å². The number of halogens is 3. The van der Waals surface area contributed by atoms with Crippen molar-refractivity contribution in [2.24, 2.45) is 11.1 Å². The van der Waals surface area contributed by atoms with Crippen LogP contribution in [0.3, 0.4) is 0 Å². The third-order valence-electron chi connectivity index (χ3n) is 7.00. The summed E-state index contributed by atoms with van der Waals surface area (Å²) in [6.45, 7) is 1.54. The number of hydrogen-bond donors (Lipinski definition) is 1. The second kappa shape index (κ2) is 8.16. The van der Waals surface area contributed by atoms with E-state index in [9.17, 15) is 13.2 Å². The average molecular weight is 499 g/mol. The third kappa shape index (κ3) is 3.80. The third-order valence-corrected chi connectivity index (χ3v) is 7.99. The molecule has 180 valence electrons. The fraction of sp³-hybridized carbons (Fsp3) is 0.348. The molecule has 0 aromatic carbocycles. The number of anilines is 1. The lowest BCUT2D eigenvalue weighted by atomic mass is 9.73. The highest BCUT2D eigenvalue weighted by molar-refractivity contribution is 7.99. The van der Waals surface area contributed by atoms with Crippen molar-refractivity contribution in [3.63, 3.8) is 0 Å². The Bertz CT molecular complexity index is 1400. The second-order valence-electron chi connectivity index (χ2n) is 8.98. The molecule has 1 atom stereocenters. The van der Waals surface area contributed by atoms with Gasteiger partial charge in [0.15, 0.2) is 5.65 Å².